The minimum absolute atomic E-state index is 0.0786. The van der Waals surface area contributed by atoms with E-state index in [1.165, 1.54) is 0 Å². The quantitative estimate of drug-likeness (QED) is 0.787. The second-order valence-corrected chi connectivity index (χ2v) is 7.23. The van der Waals surface area contributed by atoms with Crippen LogP contribution in [0.25, 0.3) is 0 Å². The molecule has 24 heavy (non-hydrogen) atoms. The molecule has 2 fully saturated rings. The molecule has 4 heterocycles. The summed E-state index contributed by atoms with van der Waals surface area (Å²) in [7, 11) is 0. The first-order chi connectivity index (χ1) is 11.7. The number of rotatable bonds is 1. The molecule has 4 nitrogen and oxygen atoms in total. The molecule has 1 aromatic carbocycles. The zero-order valence-corrected chi connectivity index (χ0v) is 13.8. The molecular weight excluding hydrogens is 324 g/mol. The number of nitrogens with zero attached hydrogens (tertiary/aromatic N) is 2. The number of hydrogen-bond acceptors (Lipinski definition) is 3. The smallest absolute Gasteiger partial charge is 0.283 e. The molecule has 1 aliphatic carbocycles. The summed E-state index contributed by atoms with van der Waals surface area (Å²) in [6.45, 7) is 0. The van der Waals surface area contributed by atoms with E-state index in [1.54, 1.807) is 4.90 Å². The average molecular weight is 341 g/mol. The largest absolute Gasteiger partial charge is 0.337 e. The Bertz CT molecular complexity index is 788. The minimum atomic E-state index is -1.17. The third kappa shape index (κ3) is 1.84. The van der Waals surface area contributed by atoms with E-state index in [2.05, 4.69) is 17.1 Å². The summed E-state index contributed by atoms with van der Waals surface area (Å²) >= 11 is 6.46. The fraction of sp³-hybridized carbons (Fsp3) is 0.368. The summed E-state index contributed by atoms with van der Waals surface area (Å²) in [5.41, 5.74) is -0.318. The van der Waals surface area contributed by atoms with Gasteiger partial charge in [-0.1, -0.05) is 54.1 Å². The highest BCUT2D eigenvalue weighted by Crippen LogP contribution is 2.51. The van der Waals surface area contributed by atoms with Crippen LogP contribution in [-0.2, 0) is 9.53 Å². The van der Waals surface area contributed by atoms with Crippen molar-refractivity contribution in [1.29, 1.82) is 0 Å². The summed E-state index contributed by atoms with van der Waals surface area (Å²) in [4.78, 5) is 19.7. The first kappa shape index (κ1) is 14.4. The van der Waals surface area contributed by atoms with Gasteiger partial charge >= 0.3 is 0 Å². The van der Waals surface area contributed by atoms with Crippen LogP contribution in [0.1, 0.15) is 12.8 Å². The van der Waals surface area contributed by atoms with Crippen LogP contribution in [0.3, 0.4) is 0 Å². The third-order valence-corrected chi connectivity index (χ3v) is 5.88. The monoisotopic (exact) mass is 340 g/mol. The van der Waals surface area contributed by atoms with Gasteiger partial charge in [0.05, 0.1) is 12.1 Å². The van der Waals surface area contributed by atoms with E-state index in [4.69, 9.17) is 16.3 Å². The maximum atomic E-state index is 13.4. The summed E-state index contributed by atoms with van der Waals surface area (Å²) in [6.07, 6.45) is 9.80. The van der Waals surface area contributed by atoms with E-state index >= 15 is 0 Å². The number of allylic oxidation sites excluding steroid dienone is 2. The molecule has 0 saturated carbocycles. The molecule has 5 heteroatoms. The predicted molar refractivity (Wildman–Crippen MR) is 93.1 cm³/mol. The number of para-hydroxylation sites is 1. The molecule has 5 aliphatic rings. The maximum absolute atomic E-state index is 13.4. The van der Waals surface area contributed by atoms with Crippen molar-refractivity contribution in [2.24, 2.45) is 16.8 Å². The van der Waals surface area contributed by atoms with Crippen molar-refractivity contribution in [2.75, 3.05) is 4.90 Å². The Morgan fingerprint density at radius 1 is 1.17 bits per heavy atom. The lowest BCUT2D eigenvalue weighted by molar-refractivity contribution is -0.186. The number of ether oxygens (including phenoxy) is 1. The molecule has 4 aliphatic heterocycles. The maximum Gasteiger partial charge on any atom is 0.283 e. The van der Waals surface area contributed by atoms with Crippen molar-refractivity contribution in [1.82, 2.24) is 0 Å². The zero-order valence-electron chi connectivity index (χ0n) is 13.0. The highest BCUT2D eigenvalue weighted by atomic mass is 35.5. The number of carbonyl (C=O) groups excluding carboxylic acids is 1. The number of hydrogen-bond donors (Lipinski definition) is 0. The highest BCUT2D eigenvalue weighted by molar-refractivity contribution is 6.67. The Morgan fingerprint density at radius 3 is 2.79 bits per heavy atom. The lowest BCUT2D eigenvalue weighted by atomic mass is 9.71. The number of carbonyl (C=O) groups is 1. The normalized spacial score (nSPS) is 39.5. The summed E-state index contributed by atoms with van der Waals surface area (Å²) in [6, 6.07) is 9.48. The van der Waals surface area contributed by atoms with E-state index in [0.29, 0.717) is 11.1 Å². The third-order valence-electron chi connectivity index (χ3n) is 5.54. The van der Waals surface area contributed by atoms with Crippen LogP contribution in [0.2, 0.25) is 0 Å². The molecule has 5 atom stereocenters. The van der Waals surface area contributed by atoms with Crippen LogP contribution < -0.4 is 4.90 Å². The van der Waals surface area contributed by atoms with Crippen molar-refractivity contribution in [2.45, 2.75) is 30.7 Å². The number of anilines is 1. The second-order valence-electron chi connectivity index (χ2n) is 6.84. The fourth-order valence-electron chi connectivity index (χ4n) is 4.42. The van der Waals surface area contributed by atoms with Gasteiger partial charge in [0.25, 0.3) is 5.91 Å². The summed E-state index contributed by atoms with van der Waals surface area (Å²) in [5, 5.41) is 0.475. The number of aliphatic imine (C=N–C) groups is 1. The van der Waals surface area contributed by atoms with Crippen LogP contribution in [0.4, 0.5) is 5.69 Å². The number of fused-ring (bicyclic) bond motifs is 2. The number of benzene rings is 1. The number of amides is 1. The number of piperidine rings is 1. The van der Waals surface area contributed by atoms with E-state index < -0.39 is 5.72 Å². The van der Waals surface area contributed by atoms with Gasteiger partial charge in [0.2, 0.25) is 5.72 Å². The Balaban J connectivity index is 1.59. The Kier molecular flexibility index (Phi) is 3.03. The molecule has 0 aromatic heterocycles. The Hall–Kier alpha value is -1.91. The first-order valence-electron chi connectivity index (χ1n) is 8.36. The first-order valence-corrected chi connectivity index (χ1v) is 8.73. The van der Waals surface area contributed by atoms with Gasteiger partial charge in [0.15, 0.2) is 0 Å². The zero-order chi connectivity index (χ0) is 16.3. The van der Waals surface area contributed by atoms with E-state index in [9.17, 15) is 4.79 Å². The molecule has 1 amide bonds. The lowest BCUT2D eigenvalue weighted by Crippen LogP contribution is -2.70. The van der Waals surface area contributed by atoms with Crippen molar-refractivity contribution in [3.63, 3.8) is 0 Å². The van der Waals surface area contributed by atoms with Gasteiger partial charge in [-0.2, -0.15) is 0 Å². The molecule has 122 valence electrons. The minimum Gasteiger partial charge on any atom is -0.337 e. The van der Waals surface area contributed by atoms with Gasteiger partial charge in [-0.25, -0.2) is 4.99 Å². The van der Waals surface area contributed by atoms with Gasteiger partial charge in [0.1, 0.15) is 5.17 Å². The van der Waals surface area contributed by atoms with E-state index in [-0.39, 0.29) is 24.0 Å². The molecular formula is C19H17ClN2O2. The SMILES string of the molecule is O=C1N(c2ccccc2)[C@@H]2C[C@@H]3CC4C=CC=CC4O[C@]13N=C2Cl. The van der Waals surface area contributed by atoms with Crippen molar-refractivity contribution in [3.8, 4) is 0 Å². The van der Waals surface area contributed by atoms with Gasteiger partial charge in [0, 0.05) is 17.5 Å². The van der Waals surface area contributed by atoms with Gasteiger partial charge in [-0.3, -0.25) is 9.69 Å². The van der Waals surface area contributed by atoms with Gasteiger partial charge in [-0.15, -0.1) is 0 Å². The van der Waals surface area contributed by atoms with Crippen molar-refractivity contribution in [3.05, 3.63) is 54.6 Å². The molecule has 0 radical (unpaired) electrons. The van der Waals surface area contributed by atoms with Crippen LogP contribution in [0.5, 0.6) is 0 Å². The topological polar surface area (TPSA) is 41.9 Å². The average Bonchev–Trinajstić information content (AvgIpc) is 2.61. The molecule has 1 aromatic rings. The van der Waals surface area contributed by atoms with Gasteiger partial charge in [-0.05, 0) is 25.0 Å². The van der Waals surface area contributed by atoms with Crippen molar-refractivity contribution >= 4 is 28.4 Å². The van der Waals surface area contributed by atoms with E-state index in [1.807, 2.05) is 42.5 Å². The number of halogens is 1. The van der Waals surface area contributed by atoms with Crippen LogP contribution in [0.15, 0.2) is 59.6 Å². The molecule has 2 unspecified atom stereocenters. The standard InChI is InChI=1S/C19H17ClN2O2/c20-17-15-11-13-10-12-6-4-5-9-16(12)24-19(13,21-17)18(23)22(15)14-7-2-1-3-8-14/h1-9,12-13,15-16H,10-11H2/t12?,13-,15+,16?,19-/m0/s1. The molecule has 0 N–H and O–H groups in total. The van der Waals surface area contributed by atoms with Crippen LogP contribution in [-0.4, -0.2) is 28.9 Å². The molecule has 6 rings (SSSR count). The lowest BCUT2D eigenvalue weighted by Gasteiger charge is -2.56. The predicted octanol–water partition coefficient (Wildman–Crippen LogP) is 3.29. The molecule has 2 saturated heterocycles. The van der Waals surface area contributed by atoms with Crippen LogP contribution in [0, 0.1) is 11.8 Å². The molecule has 2 bridgehead atoms. The highest BCUT2D eigenvalue weighted by Gasteiger charge is 2.63. The Labute approximate surface area is 145 Å². The van der Waals surface area contributed by atoms with E-state index in [0.717, 1.165) is 18.5 Å². The summed E-state index contributed by atoms with van der Waals surface area (Å²) < 4.78 is 6.30. The van der Waals surface area contributed by atoms with Crippen LogP contribution >= 0.6 is 11.6 Å². The summed E-state index contributed by atoms with van der Waals surface area (Å²) in [5.74, 6) is 0.313. The van der Waals surface area contributed by atoms with Crippen molar-refractivity contribution < 1.29 is 9.53 Å². The van der Waals surface area contributed by atoms with Gasteiger partial charge < -0.3 is 4.74 Å². The second kappa shape index (κ2) is 5.04. The fourth-order valence-corrected chi connectivity index (χ4v) is 4.73. The Morgan fingerprint density at radius 2 is 1.96 bits per heavy atom. The molecule has 1 spiro atoms.